The van der Waals surface area contributed by atoms with Gasteiger partial charge in [-0.25, -0.2) is 0 Å². The Bertz CT molecular complexity index is 914. The number of rotatable bonds is 4. The maximum Gasteiger partial charge on any atom is 0.252 e. The molecule has 2 fully saturated rings. The number of hydrogen-bond acceptors (Lipinski definition) is 2. The predicted molar refractivity (Wildman–Crippen MR) is 118 cm³/mol. The standard InChI is InChI=1S/C24H27Cl2NO2/c1-4-29-24-12-11-19(18-10-5-14(2)13-20(18)26)21(16-6-8-17(25)9-7-16)22(24)15(3)27-23(24)28/h5-10,13,15,19,21-22H,4,11-12H2,1-3H3,(H,27,28)/t15-,19+,21+,22+,24+/m1/s1. The van der Waals surface area contributed by atoms with E-state index in [1.807, 2.05) is 25.1 Å². The third-order valence-electron chi connectivity index (χ3n) is 6.68. The number of benzene rings is 2. The third-order valence-corrected chi connectivity index (χ3v) is 7.26. The zero-order valence-electron chi connectivity index (χ0n) is 17.0. The highest BCUT2D eigenvalue weighted by atomic mass is 35.5. The van der Waals surface area contributed by atoms with E-state index in [0.29, 0.717) is 18.1 Å². The number of aryl methyl sites for hydroxylation is 1. The van der Waals surface area contributed by atoms with Crippen molar-refractivity contribution in [3.63, 3.8) is 0 Å². The van der Waals surface area contributed by atoms with Crippen molar-refractivity contribution < 1.29 is 9.53 Å². The zero-order chi connectivity index (χ0) is 20.8. The fraction of sp³-hybridized carbons (Fsp3) is 0.458. The molecule has 5 atom stereocenters. The molecule has 4 rings (SSSR count). The average molecular weight is 432 g/mol. The van der Waals surface area contributed by atoms with Crippen LogP contribution in [0.4, 0.5) is 0 Å². The number of ether oxygens (including phenoxy) is 1. The lowest BCUT2D eigenvalue weighted by molar-refractivity contribution is -0.153. The maximum absolute atomic E-state index is 13.0. The van der Waals surface area contributed by atoms with Crippen LogP contribution in [-0.4, -0.2) is 24.2 Å². The molecule has 1 aliphatic heterocycles. The molecule has 0 spiro atoms. The Balaban J connectivity index is 1.86. The summed E-state index contributed by atoms with van der Waals surface area (Å²) < 4.78 is 6.21. The molecule has 0 aromatic heterocycles. The van der Waals surface area contributed by atoms with Gasteiger partial charge in [0.25, 0.3) is 5.91 Å². The van der Waals surface area contributed by atoms with Crippen LogP contribution >= 0.6 is 23.2 Å². The number of carbonyl (C=O) groups excluding carboxylic acids is 1. The Kier molecular flexibility index (Phi) is 5.67. The van der Waals surface area contributed by atoms with E-state index < -0.39 is 5.60 Å². The van der Waals surface area contributed by atoms with Crippen molar-refractivity contribution in [2.45, 2.75) is 57.1 Å². The summed E-state index contributed by atoms with van der Waals surface area (Å²) in [6, 6.07) is 14.3. The molecule has 2 aromatic carbocycles. The molecule has 2 aliphatic rings. The topological polar surface area (TPSA) is 38.3 Å². The van der Waals surface area contributed by atoms with Crippen molar-refractivity contribution >= 4 is 29.1 Å². The lowest BCUT2D eigenvalue weighted by Crippen LogP contribution is -2.51. The van der Waals surface area contributed by atoms with Gasteiger partial charge in [0.2, 0.25) is 0 Å². The molecule has 1 N–H and O–H groups in total. The summed E-state index contributed by atoms with van der Waals surface area (Å²) in [6.07, 6.45) is 1.54. The minimum Gasteiger partial charge on any atom is -0.365 e. The Labute approximate surface area is 182 Å². The smallest absolute Gasteiger partial charge is 0.252 e. The van der Waals surface area contributed by atoms with Crippen LogP contribution in [0.5, 0.6) is 0 Å². The molecule has 154 valence electrons. The Morgan fingerprint density at radius 3 is 2.55 bits per heavy atom. The minimum atomic E-state index is -0.786. The second-order valence-corrected chi connectivity index (χ2v) is 9.20. The van der Waals surface area contributed by atoms with Crippen molar-refractivity contribution in [3.8, 4) is 0 Å². The normalized spacial score (nSPS) is 31.4. The third kappa shape index (κ3) is 3.48. The van der Waals surface area contributed by atoms with Gasteiger partial charge in [-0.3, -0.25) is 4.79 Å². The molecule has 1 saturated heterocycles. The molecule has 0 bridgehead atoms. The molecule has 29 heavy (non-hydrogen) atoms. The van der Waals surface area contributed by atoms with Crippen LogP contribution in [0.25, 0.3) is 0 Å². The molecule has 5 heteroatoms. The van der Waals surface area contributed by atoms with Crippen LogP contribution in [0.2, 0.25) is 10.0 Å². The van der Waals surface area contributed by atoms with Gasteiger partial charge in [-0.2, -0.15) is 0 Å². The molecular weight excluding hydrogens is 405 g/mol. The number of nitrogens with one attached hydrogen (secondary N) is 1. The summed E-state index contributed by atoms with van der Waals surface area (Å²) in [4.78, 5) is 13.0. The number of carbonyl (C=O) groups is 1. The van der Waals surface area contributed by atoms with Crippen LogP contribution in [0, 0.1) is 12.8 Å². The average Bonchev–Trinajstić information content (AvgIpc) is 2.93. The highest BCUT2D eigenvalue weighted by Gasteiger charge is 2.61. The van der Waals surface area contributed by atoms with E-state index in [1.54, 1.807) is 0 Å². The maximum atomic E-state index is 13.0. The number of fused-ring (bicyclic) bond motifs is 1. The highest BCUT2D eigenvalue weighted by Crippen LogP contribution is 2.56. The fourth-order valence-corrected chi connectivity index (χ4v) is 6.05. The van der Waals surface area contributed by atoms with E-state index in [0.717, 1.165) is 22.6 Å². The van der Waals surface area contributed by atoms with Gasteiger partial charge < -0.3 is 10.1 Å². The van der Waals surface area contributed by atoms with E-state index in [1.165, 1.54) is 5.56 Å². The van der Waals surface area contributed by atoms with E-state index in [9.17, 15) is 4.79 Å². The van der Waals surface area contributed by atoms with E-state index in [2.05, 4.69) is 43.4 Å². The van der Waals surface area contributed by atoms with Crippen LogP contribution in [0.15, 0.2) is 42.5 Å². The highest BCUT2D eigenvalue weighted by molar-refractivity contribution is 6.31. The molecular formula is C24H27Cl2NO2. The summed E-state index contributed by atoms with van der Waals surface area (Å²) in [5.74, 6) is 0.344. The number of hydrogen-bond donors (Lipinski definition) is 1. The second-order valence-electron chi connectivity index (χ2n) is 8.36. The largest absolute Gasteiger partial charge is 0.365 e. The van der Waals surface area contributed by atoms with Crippen LogP contribution in [-0.2, 0) is 9.53 Å². The van der Waals surface area contributed by atoms with Gasteiger partial charge >= 0.3 is 0 Å². The first-order valence-electron chi connectivity index (χ1n) is 10.3. The van der Waals surface area contributed by atoms with Gasteiger partial charge in [0.15, 0.2) is 5.60 Å². The van der Waals surface area contributed by atoms with Gasteiger partial charge in [0, 0.05) is 28.6 Å². The van der Waals surface area contributed by atoms with Crippen LogP contribution < -0.4 is 5.32 Å². The lowest BCUT2D eigenvalue weighted by Gasteiger charge is -2.47. The SMILES string of the molecule is CCO[C@@]12CC[C@@H](c3ccc(C)cc3Cl)[C@H](c3ccc(Cl)cc3)[C@@H]1[C@@H](C)NC2=O. The second kappa shape index (κ2) is 7.94. The number of amides is 1. The molecule has 0 unspecified atom stereocenters. The van der Waals surface area contributed by atoms with Gasteiger partial charge in [0.05, 0.1) is 0 Å². The first-order valence-corrected chi connectivity index (χ1v) is 11.1. The molecule has 1 saturated carbocycles. The summed E-state index contributed by atoms with van der Waals surface area (Å²) in [6.45, 7) is 6.61. The molecule has 1 amide bonds. The van der Waals surface area contributed by atoms with Crippen molar-refractivity contribution in [2.24, 2.45) is 5.92 Å². The van der Waals surface area contributed by atoms with Crippen molar-refractivity contribution in [2.75, 3.05) is 6.61 Å². The minimum absolute atomic E-state index is 0.0155. The predicted octanol–water partition coefficient (Wildman–Crippen LogP) is 5.87. The van der Waals surface area contributed by atoms with Gasteiger partial charge in [-0.15, -0.1) is 0 Å². The first-order chi connectivity index (χ1) is 13.9. The van der Waals surface area contributed by atoms with Gasteiger partial charge in [0.1, 0.15) is 0 Å². The summed E-state index contributed by atoms with van der Waals surface area (Å²) in [7, 11) is 0. The summed E-state index contributed by atoms with van der Waals surface area (Å²) in [5.41, 5.74) is 2.68. The van der Waals surface area contributed by atoms with E-state index in [-0.39, 0.29) is 29.7 Å². The monoisotopic (exact) mass is 431 g/mol. The Morgan fingerprint density at radius 1 is 1.17 bits per heavy atom. The van der Waals surface area contributed by atoms with Crippen LogP contribution in [0.1, 0.15) is 55.2 Å². The Morgan fingerprint density at radius 2 is 1.90 bits per heavy atom. The molecule has 3 nitrogen and oxygen atoms in total. The van der Waals surface area contributed by atoms with Crippen molar-refractivity contribution in [1.82, 2.24) is 5.32 Å². The van der Waals surface area contributed by atoms with Gasteiger partial charge in [-0.1, -0.05) is 47.5 Å². The number of halogens is 2. The quantitative estimate of drug-likeness (QED) is 0.656. The van der Waals surface area contributed by atoms with Gasteiger partial charge in [-0.05, 0) is 80.3 Å². The Hall–Kier alpha value is -1.55. The van der Waals surface area contributed by atoms with E-state index >= 15 is 0 Å². The first kappa shape index (κ1) is 20.7. The molecule has 1 heterocycles. The van der Waals surface area contributed by atoms with Crippen LogP contribution in [0.3, 0.4) is 0 Å². The van der Waals surface area contributed by atoms with Crippen molar-refractivity contribution in [1.29, 1.82) is 0 Å². The summed E-state index contributed by atoms with van der Waals surface area (Å²) in [5, 5.41) is 4.67. The lowest BCUT2D eigenvalue weighted by atomic mass is 9.59. The molecule has 2 aromatic rings. The van der Waals surface area contributed by atoms with E-state index in [4.69, 9.17) is 27.9 Å². The zero-order valence-corrected chi connectivity index (χ0v) is 18.6. The summed E-state index contributed by atoms with van der Waals surface area (Å²) >= 11 is 12.9. The molecule has 1 aliphatic carbocycles. The molecule has 0 radical (unpaired) electrons. The van der Waals surface area contributed by atoms with Crippen molar-refractivity contribution in [3.05, 3.63) is 69.2 Å². The fourth-order valence-electron chi connectivity index (χ4n) is 5.55.